The van der Waals surface area contributed by atoms with E-state index in [-0.39, 0.29) is 0 Å². The van der Waals surface area contributed by atoms with Gasteiger partial charge < -0.3 is 9.88 Å². The lowest BCUT2D eigenvalue weighted by Crippen LogP contribution is -2.34. The first-order valence-electron chi connectivity index (χ1n) is 5.85. The van der Waals surface area contributed by atoms with Gasteiger partial charge in [0.1, 0.15) is 0 Å². The minimum Gasteiger partial charge on any atom is -0.387 e. The molecule has 0 aliphatic carbocycles. The Morgan fingerprint density at radius 3 is 2.75 bits per heavy atom. The smallest absolute Gasteiger partial charge is 0.0489 e. The van der Waals surface area contributed by atoms with Gasteiger partial charge in [-0.3, -0.25) is 0 Å². The first kappa shape index (κ1) is 10.8. The Bertz CT molecular complexity index is 605. The Morgan fingerprint density at radius 2 is 1.94 bits per heavy atom. The van der Waals surface area contributed by atoms with Crippen molar-refractivity contribution in [2.24, 2.45) is 7.05 Å². The molecule has 0 radical (unpaired) electrons. The zero-order valence-corrected chi connectivity index (χ0v) is 10.1. The lowest BCUT2D eigenvalue weighted by molar-refractivity contribution is 0.906. The number of para-hydroxylation sites is 1. The average Bonchev–Trinajstić information content (AvgIpc) is 2.67. The van der Waals surface area contributed by atoms with Crippen LogP contribution in [0.15, 0.2) is 24.3 Å². The summed E-state index contributed by atoms with van der Waals surface area (Å²) in [5.41, 5.74) is 1.30. The van der Waals surface area contributed by atoms with E-state index in [2.05, 4.69) is 53.5 Å². The lowest BCUT2D eigenvalue weighted by atomic mass is 10.2. The second-order valence-electron chi connectivity index (χ2n) is 3.63. The predicted octanol–water partition coefficient (Wildman–Crippen LogP) is 1.33. The van der Waals surface area contributed by atoms with E-state index in [4.69, 9.17) is 0 Å². The van der Waals surface area contributed by atoms with Gasteiger partial charge in [0, 0.05) is 41.3 Å². The van der Waals surface area contributed by atoms with Crippen LogP contribution in [0.1, 0.15) is 13.8 Å². The molecule has 84 valence electrons. The third-order valence-corrected chi connectivity index (χ3v) is 2.85. The maximum absolute atomic E-state index is 3.25. The van der Waals surface area contributed by atoms with Gasteiger partial charge in [0.15, 0.2) is 0 Å². The average molecular weight is 214 g/mol. The summed E-state index contributed by atoms with van der Waals surface area (Å²) in [6, 6.07) is 8.51. The van der Waals surface area contributed by atoms with Crippen LogP contribution in [0.4, 0.5) is 0 Å². The van der Waals surface area contributed by atoms with Gasteiger partial charge >= 0.3 is 0 Å². The zero-order valence-electron chi connectivity index (χ0n) is 10.1. The second kappa shape index (κ2) is 4.44. The molecule has 1 aromatic carbocycles. The summed E-state index contributed by atoms with van der Waals surface area (Å²) in [6.45, 7) is 4.93. The molecule has 0 saturated heterocycles. The number of nitrogens with one attached hydrogen (secondary N) is 1. The van der Waals surface area contributed by atoms with Crippen LogP contribution < -0.4 is 15.9 Å². The number of fused-ring (bicyclic) bond motifs is 3. The highest BCUT2D eigenvalue weighted by Crippen LogP contribution is 2.06. The second-order valence-corrected chi connectivity index (χ2v) is 3.63. The number of aryl methyl sites for hydroxylation is 1. The Labute approximate surface area is 95.9 Å². The van der Waals surface area contributed by atoms with Crippen LogP contribution >= 0.6 is 0 Å². The highest BCUT2D eigenvalue weighted by Gasteiger charge is 2.04. The number of hydrogen-bond donors (Lipinski definition) is 1. The van der Waals surface area contributed by atoms with Crippen LogP contribution in [-0.4, -0.2) is 11.1 Å². The fraction of sp³-hybridized carbons (Fsp3) is 0.286. The van der Waals surface area contributed by atoms with Crippen molar-refractivity contribution in [2.75, 3.05) is 6.54 Å². The van der Waals surface area contributed by atoms with Gasteiger partial charge in [-0.2, -0.15) is 0 Å². The molecule has 0 unspecified atom stereocenters. The van der Waals surface area contributed by atoms with Crippen molar-refractivity contribution in [3.8, 4) is 0 Å². The summed E-state index contributed by atoms with van der Waals surface area (Å²) >= 11 is 0. The van der Waals surface area contributed by atoms with E-state index in [1.807, 2.05) is 13.8 Å². The van der Waals surface area contributed by atoms with E-state index in [1.165, 1.54) is 21.5 Å². The summed E-state index contributed by atoms with van der Waals surface area (Å²) in [5.74, 6) is 0. The molecule has 0 spiro atoms. The van der Waals surface area contributed by atoms with E-state index in [9.17, 15) is 0 Å². The third-order valence-electron chi connectivity index (χ3n) is 2.85. The summed E-state index contributed by atoms with van der Waals surface area (Å²) in [4.78, 5) is 0. The standard InChI is InChI=1S/C12H12N2.C2H6/c1-14-11-5-3-2-4-9(11)10-8-13-7-6-12(10)14;1-2/h2-6,8,13H,7H2,1H3;1-2H3. The SMILES string of the molecule is CC.Cn1c2c(c3ccccc31)=CNCC=2. The zero-order chi connectivity index (χ0) is 11.5. The molecule has 1 aliphatic rings. The molecule has 0 fully saturated rings. The molecule has 0 saturated carbocycles. The van der Waals surface area contributed by atoms with Crippen LogP contribution in [0, 0.1) is 0 Å². The van der Waals surface area contributed by atoms with Crippen molar-refractivity contribution in [2.45, 2.75) is 13.8 Å². The van der Waals surface area contributed by atoms with Crippen LogP contribution in [0.25, 0.3) is 23.2 Å². The fourth-order valence-electron chi connectivity index (χ4n) is 2.16. The van der Waals surface area contributed by atoms with Crippen molar-refractivity contribution >= 4 is 23.2 Å². The van der Waals surface area contributed by atoms with Gasteiger partial charge in [-0.25, -0.2) is 0 Å². The van der Waals surface area contributed by atoms with E-state index in [1.54, 1.807) is 0 Å². The van der Waals surface area contributed by atoms with Crippen molar-refractivity contribution in [3.05, 3.63) is 34.8 Å². The largest absolute Gasteiger partial charge is 0.387 e. The lowest BCUT2D eigenvalue weighted by Gasteiger charge is -2.00. The highest BCUT2D eigenvalue weighted by molar-refractivity contribution is 5.82. The van der Waals surface area contributed by atoms with E-state index < -0.39 is 0 Å². The maximum Gasteiger partial charge on any atom is 0.0489 e. The number of benzene rings is 1. The summed E-state index contributed by atoms with van der Waals surface area (Å²) in [6.07, 6.45) is 4.34. The Hall–Kier alpha value is -1.70. The molecule has 1 aliphatic heterocycles. The van der Waals surface area contributed by atoms with Crippen LogP contribution in [0.3, 0.4) is 0 Å². The Balaban J connectivity index is 0.000000457. The Morgan fingerprint density at radius 1 is 1.19 bits per heavy atom. The van der Waals surface area contributed by atoms with E-state index >= 15 is 0 Å². The molecule has 2 nitrogen and oxygen atoms in total. The van der Waals surface area contributed by atoms with Crippen LogP contribution in [-0.2, 0) is 7.05 Å². The molecule has 2 aromatic rings. The summed E-state index contributed by atoms with van der Waals surface area (Å²) in [7, 11) is 2.12. The van der Waals surface area contributed by atoms with Gasteiger partial charge in [0.25, 0.3) is 0 Å². The minimum atomic E-state index is 0.928. The van der Waals surface area contributed by atoms with Gasteiger partial charge in [0.2, 0.25) is 0 Å². The number of hydrogen-bond acceptors (Lipinski definition) is 1. The highest BCUT2D eigenvalue weighted by atomic mass is 14.9. The van der Waals surface area contributed by atoms with E-state index in [0.717, 1.165) is 6.54 Å². The predicted molar refractivity (Wildman–Crippen MR) is 70.4 cm³/mol. The number of aromatic nitrogens is 1. The molecule has 0 atom stereocenters. The molecule has 2 heterocycles. The van der Waals surface area contributed by atoms with Crippen molar-refractivity contribution in [1.29, 1.82) is 0 Å². The van der Waals surface area contributed by atoms with Crippen molar-refractivity contribution in [3.63, 3.8) is 0 Å². The fourth-order valence-corrected chi connectivity index (χ4v) is 2.16. The first-order valence-corrected chi connectivity index (χ1v) is 5.85. The molecule has 2 heteroatoms. The molecule has 16 heavy (non-hydrogen) atoms. The Kier molecular flexibility index (Phi) is 3.00. The van der Waals surface area contributed by atoms with Gasteiger partial charge in [-0.1, -0.05) is 32.0 Å². The summed E-state index contributed by atoms with van der Waals surface area (Å²) < 4.78 is 2.25. The monoisotopic (exact) mass is 214 g/mol. The van der Waals surface area contributed by atoms with Crippen molar-refractivity contribution < 1.29 is 0 Å². The first-order chi connectivity index (χ1) is 7.88. The number of nitrogens with zero attached hydrogens (tertiary/aromatic N) is 1. The molecule has 3 rings (SSSR count). The van der Waals surface area contributed by atoms with Gasteiger partial charge in [-0.15, -0.1) is 0 Å². The molecular weight excluding hydrogens is 196 g/mol. The summed E-state index contributed by atoms with van der Waals surface area (Å²) in [5, 5.41) is 7.22. The normalized spacial score (nSPS) is 12.7. The van der Waals surface area contributed by atoms with Crippen molar-refractivity contribution in [1.82, 2.24) is 9.88 Å². The van der Waals surface area contributed by atoms with E-state index in [0.29, 0.717) is 0 Å². The molecule has 1 aromatic heterocycles. The molecular formula is C14H18N2. The quantitative estimate of drug-likeness (QED) is 0.700. The van der Waals surface area contributed by atoms with Crippen LogP contribution in [0.5, 0.6) is 0 Å². The molecule has 0 bridgehead atoms. The topological polar surface area (TPSA) is 17.0 Å². The maximum atomic E-state index is 3.25. The third kappa shape index (κ3) is 1.51. The van der Waals surface area contributed by atoms with Gasteiger partial charge in [0.05, 0.1) is 0 Å². The van der Waals surface area contributed by atoms with Crippen LogP contribution in [0.2, 0.25) is 0 Å². The number of rotatable bonds is 0. The molecule has 1 N–H and O–H groups in total. The molecule has 0 amide bonds. The van der Waals surface area contributed by atoms with Gasteiger partial charge in [-0.05, 0) is 12.1 Å². The minimum absolute atomic E-state index is 0.928.